The van der Waals surface area contributed by atoms with Gasteiger partial charge in [-0.25, -0.2) is 10.2 Å². The molecule has 60 heavy (non-hydrogen) atoms. The minimum Gasteiger partial charge on any atom is -0.497 e. The van der Waals surface area contributed by atoms with Crippen LogP contribution in [0.15, 0.2) is 24.3 Å². The van der Waals surface area contributed by atoms with Gasteiger partial charge in [0, 0.05) is 20.0 Å². The summed E-state index contributed by atoms with van der Waals surface area (Å²) in [6.07, 6.45) is 0.894. The van der Waals surface area contributed by atoms with Crippen LogP contribution in [-0.4, -0.2) is 127 Å². The van der Waals surface area contributed by atoms with Crippen molar-refractivity contribution in [3.05, 3.63) is 29.8 Å². The third-order valence-electron chi connectivity index (χ3n) is 11.5. The molecule has 0 saturated carbocycles. The van der Waals surface area contributed by atoms with Crippen LogP contribution in [0.1, 0.15) is 93.1 Å². The van der Waals surface area contributed by atoms with E-state index in [1.165, 1.54) is 33.0 Å². The molecule has 1 aromatic carbocycles. The molecule has 3 rings (SSSR count). The van der Waals surface area contributed by atoms with Crippen LogP contribution in [0.25, 0.3) is 0 Å². The maximum atomic E-state index is 14.5. The van der Waals surface area contributed by atoms with E-state index in [4.69, 9.17) is 9.47 Å². The number of cyclic esters (lactones) is 1. The molecule has 10 atom stereocenters. The number of ether oxygens (including phenoxy) is 2. The fourth-order valence-corrected chi connectivity index (χ4v) is 7.12. The number of methoxy groups -OCH3 is 1. The molecule has 18 heteroatoms. The Morgan fingerprint density at radius 2 is 1.57 bits per heavy atom. The molecule has 10 unspecified atom stereocenters. The number of carbonyl (C=O) groups is 8. The Balaban J connectivity index is 2.21. The second kappa shape index (κ2) is 22.9. The summed E-state index contributed by atoms with van der Waals surface area (Å²) < 4.78 is 11.1. The standard InChI is InChI=1S/C42H66N8O10/c1-11-24(5)33(43-22-51)38(54)48-35-27(8)60-42(58)26(7)49(9)40(56)31(20-23(3)4)46-37(53)32-14-13-19-44-50(32)41(57)34(25(6)12-2)47-36(52)30(45-39(35)55)21-28-15-17-29(59-10)18-16-28/h15-18,22-27,30-35,44H,11-14,19-21H2,1-10H3,(H,43,51)(H,45,55)(H,46,53)(H,47,52)(H,48,54). The van der Waals surface area contributed by atoms with Crippen molar-refractivity contribution < 1.29 is 47.8 Å². The molecular formula is C42H66N8O10. The van der Waals surface area contributed by atoms with Gasteiger partial charge in [-0.3, -0.25) is 38.6 Å². The van der Waals surface area contributed by atoms with Gasteiger partial charge < -0.3 is 41.0 Å². The van der Waals surface area contributed by atoms with Crippen molar-refractivity contribution in [3.63, 3.8) is 0 Å². The fourth-order valence-electron chi connectivity index (χ4n) is 7.12. The maximum Gasteiger partial charge on any atom is 0.328 e. The summed E-state index contributed by atoms with van der Waals surface area (Å²) in [5.74, 6) is -5.37. The third-order valence-corrected chi connectivity index (χ3v) is 11.5. The van der Waals surface area contributed by atoms with Crippen molar-refractivity contribution in [2.24, 2.45) is 17.8 Å². The number of amides is 7. The number of hydrogen-bond donors (Lipinski definition) is 6. The number of fused-ring (bicyclic) bond motifs is 1. The van der Waals surface area contributed by atoms with Gasteiger partial charge in [-0.15, -0.1) is 0 Å². The number of hydrazine groups is 1. The van der Waals surface area contributed by atoms with Crippen LogP contribution in [0.4, 0.5) is 0 Å². The van der Waals surface area contributed by atoms with E-state index in [1.807, 2.05) is 27.7 Å². The molecule has 2 heterocycles. The molecule has 2 saturated heterocycles. The monoisotopic (exact) mass is 842 g/mol. The first-order valence-corrected chi connectivity index (χ1v) is 21.0. The Morgan fingerprint density at radius 3 is 2.15 bits per heavy atom. The van der Waals surface area contributed by atoms with E-state index >= 15 is 0 Å². The average molecular weight is 843 g/mol. The molecule has 0 radical (unpaired) electrons. The number of carbonyl (C=O) groups excluding carboxylic acids is 8. The van der Waals surface area contributed by atoms with E-state index in [1.54, 1.807) is 38.1 Å². The number of nitrogens with zero attached hydrogens (tertiary/aromatic N) is 2. The highest BCUT2D eigenvalue weighted by Crippen LogP contribution is 2.20. The normalized spacial score (nSPS) is 26.8. The summed E-state index contributed by atoms with van der Waals surface area (Å²) in [7, 11) is 2.90. The van der Waals surface area contributed by atoms with Crippen LogP contribution >= 0.6 is 0 Å². The first-order chi connectivity index (χ1) is 28.4. The Bertz CT molecular complexity index is 1680. The van der Waals surface area contributed by atoms with Gasteiger partial charge >= 0.3 is 5.97 Å². The Kier molecular flexibility index (Phi) is 18.8. The fraction of sp³-hybridized carbons (Fsp3) is 0.667. The average Bonchev–Trinajstić information content (AvgIpc) is 3.23. The Hall–Kier alpha value is -5.26. The first-order valence-electron chi connectivity index (χ1n) is 21.0. The van der Waals surface area contributed by atoms with Crippen molar-refractivity contribution in [3.8, 4) is 5.75 Å². The van der Waals surface area contributed by atoms with Crippen LogP contribution in [0, 0.1) is 17.8 Å². The van der Waals surface area contributed by atoms with Crippen molar-refractivity contribution >= 4 is 47.8 Å². The summed E-state index contributed by atoms with van der Waals surface area (Å²) in [4.78, 5) is 112. The lowest BCUT2D eigenvalue weighted by molar-refractivity contribution is -0.161. The summed E-state index contributed by atoms with van der Waals surface area (Å²) in [6, 6.07) is -1.74. The van der Waals surface area contributed by atoms with Crippen LogP contribution in [-0.2, 0) is 49.5 Å². The molecule has 334 valence electrons. The van der Waals surface area contributed by atoms with E-state index in [0.717, 1.165) is 4.90 Å². The number of hydrogen-bond acceptors (Lipinski definition) is 11. The molecule has 2 aliphatic rings. The van der Waals surface area contributed by atoms with Gasteiger partial charge in [0.05, 0.1) is 7.11 Å². The molecule has 0 aliphatic carbocycles. The molecule has 1 aromatic rings. The molecule has 18 nitrogen and oxygen atoms in total. The minimum atomic E-state index is -1.61. The zero-order valence-corrected chi connectivity index (χ0v) is 36.7. The quantitative estimate of drug-likeness (QED) is 0.120. The zero-order valence-electron chi connectivity index (χ0n) is 36.7. The van der Waals surface area contributed by atoms with Crippen LogP contribution in [0.2, 0.25) is 0 Å². The van der Waals surface area contributed by atoms with Gasteiger partial charge in [-0.1, -0.05) is 66.5 Å². The smallest absolute Gasteiger partial charge is 0.328 e. The van der Waals surface area contributed by atoms with Gasteiger partial charge in [0.1, 0.15) is 54.1 Å². The van der Waals surface area contributed by atoms with E-state index < -0.39 is 95.7 Å². The van der Waals surface area contributed by atoms with E-state index in [-0.39, 0.29) is 31.1 Å². The summed E-state index contributed by atoms with van der Waals surface area (Å²) in [6.45, 7) is 14.1. The molecule has 2 fully saturated rings. The largest absolute Gasteiger partial charge is 0.497 e. The minimum absolute atomic E-state index is 0.0644. The van der Waals surface area contributed by atoms with Crippen molar-refractivity contribution in [2.45, 2.75) is 142 Å². The Morgan fingerprint density at radius 1 is 0.917 bits per heavy atom. The highest BCUT2D eigenvalue weighted by molar-refractivity contribution is 5.98. The molecule has 0 spiro atoms. The molecule has 0 aromatic heterocycles. The number of likely N-dealkylation sites (N-methyl/N-ethyl adjacent to an activating group) is 1. The second-order valence-corrected chi connectivity index (χ2v) is 16.4. The van der Waals surface area contributed by atoms with Crippen molar-refractivity contribution in [1.29, 1.82) is 0 Å². The first kappa shape index (κ1) is 49.1. The SMILES string of the molecule is CCC(C)C(NC=O)C(=O)NC1C(=O)NC(Cc2ccc(OC)cc2)C(=O)NC(C(C)CC)C(=O)N2NCCCC2C(=O)NC(CC(C)C)C(=O)N(C)C(C)C(=O)OC1C. The highest BCUT2D eigenvalue weighted by Gasteiger charge is 2.42. The number of benzene rings is 1. The summed E-state index contributed by atoms with van der Waals surface area (Å²) in [5.41, 5.74) is 3.65. The number of rotatable bonds is 13. The van der Waals surface area contributed by atoms with E-state index in [2.05, 4.69) is 32.0 Å². The van der Waals surface area contributed by atoms with Crippen LogP contribution in [0.5, 0.6) is 5.75 Å². The molecule has 0 bridgehead atoms. The molecule has 7 amide bonds. The molecule has 2 aliphatic heterocycles. The number of nitrogens with one attached hydrogen (secondary N) is 6. The van der Waals surface area contributed by atoms with E-state index in [9.17, 15) is 38.4 Å². The van der Waals surface area contributed by atoms with Gasteiger partial charge in [0.15, 0.2) is 0 Å². The molecule has 6 N–H and O–H groups in total. The highest BCUT2D eigenvalue weighted by atomic mass is 16.5. The summed E-state index contributed by atoms with van der Waals surface area (Å²) in [5, 5.41) is 14.8. The predicted octanol–water partition coefficient (Wildman–Crippen LogP) is 0.718. The maximum absolute atomic E-state index is 14.5. The number of esters is 1. The third kappa shape index (κ3) is 12.9. The Labute approximate surface area is 353 Å². The second-order valence-electron chi connectivity index (χ2n) is 16.4. The topological polar surface area (TPSA) is 234 Å². The van der Waals surface area contributed by atoms with Gasteiger partial charge in [-0.2, -0.15) is 0 Å². The van der Waals surface area contributed by atoms with Gasteiger partial charge in [-0.05, 0) is 68.6 Å². The molecular weight excluding hydrogens is 777 g/mol. The lowest BCUT2D eigenvalue weighted by Gasteiger charge is -2.39. The van der Waals surface area contributed by atoms with Gasteiger partial charge in [0.25, 0.3) is 5.91 Å². The van der Waals surface area contributed by atoms with Crippen molar-refractivity contribution in [1.82, 2.24) is 41.9 Å². The lowest BCUT2D eigenvalue weighted by Crippen LogP contribution is -2.66. The van der Waals surface area contributed by atoms with Crippen LogP contribution < -0.4 is 36.7 Å². The van der Waals surface area contributed by atoms with Crippen molar-refractivity contribution in [2.75, 3.05) is 20.7 Å². The summed E-state index contributed by atoms with van der Waals surface area (Å²) >= 11 is 0. The zero-order chi connectivity index (χ0) is 44.8. The van der Waals surface area contributed by atoms with E-state index in [0.29, 0.717) is 43.5 Å². The van der Waals surface area contributed by atoms with Gasteiger partial charge in [0.2, 0.25) is 35.9 Å². The predicted molar refractivity (Wildman–Crippen MR) is 221 cm³/mol. The van der Waals surface area contributed by atoms with Crippen LogP contribution in [0.3, 0.4) is 0 Å². The lowest BCUT2D eigenvalue weighted by atomic mass is 9.95.